The van der Waals surface area contributed by atoms with Crippen LogP contribution in [0.25, 0.3) is 0 Å². The summed E-state index contributed by atoms with van der Waals surface area (Å²) in [6, 6.07) is 3.80. The topological polar surface area (TPSA) is 54.0 Å². The lowest BCUT2D eigenvalue weighted by molar-refractivity contribution is -0.119. The first kappa shape index (κ1) is 18.2. The molecular weight excluding hydrogens is 330 g/mol. The number of fused-ring (bicyclic) bond motifs is 1. The average Bonchev–Trinajstić information content (AvgIpc) is 2.56. The van der Waals surface area contributed by atoms with Crippen LogP contribution in [0.2, 0.25) is 0 Å². The first-order chi connectivity index (χ1) is 10.6. The number of hydrogen-bond donors (Lipinski definition) is 2. The fraction of sp³-hybridized carbons (Fsp3) is 0.600. The van der Waals surface area contributed by atoms with Gasteiger partial charge in [0.25, 0.3) is 5.92 Å². The number of piperazine rings is 1. The Morgan fingerprint density at radius 2 is 1.91 bits per heavy atom. The molecule has 2 heterocycles. The molecule has 8 heteroatoms. The van der Waals surface area contributed by atoms with Crippen molar-refractivity contribution in [1.29, 1.82) is 0 Å². The third-order valence-electron chi connectivity index (χ3n) is 4.02. The highest BCUT2D eigenvalue weighted by atomic mass is 35.5. The van der Waals surface area contributed by atoms with Crippen LogP contribution in [0.4, 0.5) is 8.78 Å². The van der Waals surface area contributed by atoms with Gasteiger partial charge in [0.15, 0.2) is 11.5 Å². The molecule has 0 amide bonds. The van der Waals surface area contributed by atoms with Crippen molar-refractivity contribution in [1.82, 2.24) is 10.2 Å². The molecule has 1 saturated heterocycles. The number of halogens is 3. The maximum absolute atomic E-state index is 14.4. The van der Waals surface area contributed by atoms with E-state index in [-0.39, 0.29) is 12.4 Å². The van der Waals surface area contributed by atoms with Crippen LogP contribution in [0.3, 0.4) is 0 Å². The highest BCUT2D eigenvalue weighted by molar-refractivity contribution is 5.85. The van der Waals surface area contributed by atoms with Gasteiger partial charge < -0.3 is 19.9 Å². The molecule has 1 aromatic carbocycles. The van der Waals surface area contributed by atoms with Crippen LogP contribution in [0.1, 0.15) is 11.6 Å². The van der Waals surface area contributed by atoms with Crippen LogP contribution in [0.15, 0.2) is 18.2 Å². The molecule has 2 aliphatic rings. The maximum Gasteiger partial charge on any atom is 0.290 e. The molecule has 23 heavy (non-hydrogen) atoms. The fourth-order valence-corrected chi connectivity index (χ4v) is 3.03. The molecule has 1 fully saturated rings. The third-order valence-corrected chi connectivity index (χ3v) is 4.02. The molecule has 0 radical (unpaired) electrons. The summed E-state index contributed by atoms with van der Waals surface area (Å²) in [5.74, 6) is -2.41. The summed E-state index contributed by atoms with van der Waals surface area (Å²) in [6.07, 6.45) is 0. The number of para-hydroxylation sites is 1. The van der Waals surface area contributed by atoms with Gasteiger partial charge in [-0.3, -0.25) is 4.90 Å². The molecule has 0 aromatic heterocycles. The molecule has 130 valence electrons. The zero-order valence-electron chi connectivity index (χ0n) is 12.6. The summed E-state index contributed by atoms with van der Waals surface area (Å²) in [5.41, 5.74) is 0.373. The molecule has 0 saturated carbocycles. The van der Waals surface area contributed by atoms with E-state index in [2.05, 4.69) is 5.32 Å². The van der Waals surface area contributed by atoms with E-state index < -0.39 is 18.6 Å². The Bertz CT molecular complexity index is 527. The minimum atomic E-state index is -3.26. The summed E-state index contributed by atoms with van der Waals surface area (Å²) < 4.78 is 40.0. The number of benzene rings is 1. The molecule has 3 rings (SSSR count). The van der Waals surface area contributed by atoms with Crippen molar-refractivity contribution in [2.45, 2.75) is 12.0 Å². The molecule has 0 spiro atoms. The standard InChI is InChI=1S/C15H20F2N2O3.ClH/c16-15(17,10-20)14(19-6-4-18-5-7-19)11-2-1-3-12-13(11)22-9-8-21-12;/h1-3,14,18,20H,4-10H2;1H/t14-;/m1./s1. The van der Waals surface area contributed by atoms with E-state index in [4.69, 9.17) is 9.47 Å². The van der Waals surface area contributed by atoms with Gasteiger partial charge >= 0.3 is 0 Å². The Kier molecular flexibility index (Phi) is 6.02. The lowest BCUT2D eigenvalue weighted by Gasteiger charge is -2.39. The zero-order chi connectivity index (χ0) is 15.6. The van der Waals surface area contributed by atoms with Gasteiger partial charge in [-0.05, 0) is 6.07 Å². The van der Waals surface area contributed by atoms with Gasteiger partial charge in [0, 0.05) is 31.7 Å². The van der Waals surface area contributed by atoms with Gasteiger partial charge in [0.1, 0.15) is 25.9 Å². The van der Waals surface area contributed by atoms with E-state index in [1.807, 2.05) is 0 Å². The Morgan fingerprint density at radius 1 is 1.22 bits per heavy atom. The smallest absolute Gasteiger partial charge is 0.290 e. The lowest BCUT2D eigenvalue weighted by atomic mass is 9.96. The Morgan fingerprint density at radius 3 is 2.61 bits per heavy atom. The Hall–Kier alpha value is -1.15. The summed E-state index contributed by atoms with van der Waals surface area (Å²) in [5, 5.41) is 12.3. The minimum absolute atomic E-state index is 0. The lowest BCUT2D eigenvalue weighted by Crippen LogP contribution is -2.51. The quantitative estimate of drug-likeness (QED) is 0.861. The predicted octanol–water partition coefficient (Wildman–Crippen LogP) is 1.45. The van der Waals surface area contributed by atoms with Crippen molar-refractivity contribution >= 4 is 12.4 Å². The second kappa shape index (κ2) is 7.61. The first-order valence-electron chi connectivity index (χ1n) is 7.45. The van der Waals surface area contributed by atoms with E-state index in [9.17, 15) is 13.9 Å². The van der Waals surface area contributed by atoms with Crippen LogP contribution < -0.4 is 14.8 Å². The molecule has 0 bridgehead atoms. The first-order valence-corrected chi connectivity index (χ1v) is 7.45. The van der Waals surface area contributed by atoms with Crippen LogP contribution in [0.5, 0.6) is 11.5 Å². The van der Waals surface area contributed by atoms with Crippen molar-refractivity contribution in [2.24, 2.45) is 0 Å². The van der Waals surface area contributed by atoms with Crippen molar-refractivity contribution in [3.8, 4) is 11.5 Å². The maximum atomic E-state index is 14.4. The molecular formula is C15H21ClF2N2O3. The molecule has 5 nitrogen and oxygen atoms in total. The van der Waals surface area contributed by atoms with Gasteiger partial charge in [-0.1, -0.05) is 12.1 Å². The highest BCUT2D eigenvalue weighted by Gasteiger charge is 2.46. The van der Waals surface area contributed by atoms with Crippen LogP contribution >= 0.6 is 12.4 Å². The zero-order valence-corrected chi connectivity index (χ0v) is 13.5. The average molecular weight is 351 g/mol. The predicted molar refractivity (Wildman–Crippen MR) is 83.9 cm³/mol. The molecule has 0 unspecified atom stereocenters. The minimum Gasteiger partial charge on any atom is -0.486 e. The molecule has 0 aliphatic carbocycles. The molecule has 1 aromatic rings. The third kappa shape index (κ3) is 3.68. The van der Waals surface area contributed by atoms with E-state index in [1.165, 1.54) is 0 Å². The number of aliphatic hydroxyl groups excluding tert-OH is 1. The number of aliphatic hydroxyl groups is 1. The van der Waals surface area contributed by atoms with E-state index in [0.29, 0.717) is 56.5 Å². The number of nitrogens with zero attached hydrogens (tertiary/aromatic N) is 1. The highest BCUT2D eigenvalue weighted by Crippen LogP contribution is 2.44. The van der Waals surface area contributed by atoms with E-state index in [0.717, 1.165) is 0 Å². The number of alkyl halides is 2. The normalized spacial score (nSPS) is 19.8. The summed E-state index contributed by atoms with van der Waals surface area (Å²) >= 11 is 0. The number of rotatable bonds is 4. The molecule has 2 aliphatic heterocycles. The summed E-state index contributed by atoms with van der Waals surface area (Å²) in [4.78, 5) is 1.69. The monoisotopic (exact) mass is 350 g/mol. The Balaban J connectivity index is 0.00000192. The molecule has 1 atom stereocenters. The second-order valence-electron chi connectivity index (χ2n) is 5.48. The fourth-order valence-electron chi connectivity index (χ4n) is 3.03. The van der Waals surface area contributed by atoms with E-state index in [1.54, 1.807) is 23.1 Å². The van der Waals surface area contributed by atoms with Crippen molar-refractivity contribution in [2.75, 3.05) is 46.0 Å². The van der Waals surface area contributed by atoms with Gasteiger partial charge in [-0.15, -0.1) is 12.4 Å². The van der Waals surface area contributed by atoms with Gasteiger partial charge in [-0.2, -0.15) is 0 Å². The van der Waals surface area contributed by atoms with Crippen molar-refractivity contribution in [3.63, 3.8) is 0 Å². The van der Waals surface area contributed by atoms with Gasteiger partial charge in [-0.25, -0.2) is 8.78 Å². The van der Waals surface area contributed by atoms with E-state index >= 15 is 0 Å². The number of nitrogens with one attached hydrogen (secondary N) is 1. The van der Waals surface area contributed by atoms with Crippen molar-refractivity contribution < 1.29 is 23.4 Å². The van der Waals surface area contributed by atoms with Crippen molar-refractivity contribution in [3.05, 3.63) is 23.8 Å². The van der Waals surface area contributed by atoms with Crippen LogP contribution in [0, 0.1) is 0 Å². The second-order valence-corrected chi connectivity index (χ2v) is 5.48. The SMILES string of the molecule is Cl.OCC(F)(F)[C@@H](c1cccc2c1OCCO2)N1CCNCC1. The molecule has 2 N–H and O–H groups in total. The number of hydrogen-bond acceptors (Lipinski definition) is 5. The summed E-state index contributed by atoms with van der Waals surface area (Å²) in [7, 11) is 0. The largest absolute Gasteiger partial charge is 0.486 e. The number of ether oxygens (including phenoxy) is 2. The Labute approximate surface area is 140 Å². The van der Waals surface area contributed by atoms with Crippen LogP contribution in [-0.4, -0.2) is 61.9 Å². The van der Waals surface area contributed by atoms with Crippen LogP contribution in [-0.2, 0) is 0 Å². The van der Waals surface area contributed by atoms with Gasteiger partial charge in [0.2, 0.25) is 0 Å². The summed E-state index contributed by atoms with van der Waals surface area (Å²) in [6.45, 7) is 1.81. The van der Waals surface area contributed by atoms with Gasteiger partial charge in [0.05, 0.1) is 0 Å².